The first kappa shape index (κ1) is 13.1. The number of aryl methyl sites for hydroxylation is 2. The minimum Gasteiger partial charge on any atom is -0.497 e. The molecule has 1 aromatic rings. The molecule has 0 aromatic heterocycles. The van der Waals surface area contributed by atoms with Gasteiger partial charge in [0, 0.05) is 5.56 Å². The predicted octanol–water partition coefficient (Wildman–Crippen LogP) is 2.23. The van der Waals surface area contributed by atoms with Gasteiger partial charge in [-0.05, 0) is 37.1 Å². The Balaban J connectivity index is 2.95. The van der Waals surface area contributed by atoms with Crippen molar-refractivity contribution in [2.45, 2.75) is 20.3 Å². The van der Waals surface area contributed by atoms with E-state index in [4.69, 9.17) is 4.74 Å². The lowest BCUT2D eigenvalue weighted by atomic mass is 10.0. The first-order chi connectivity index (χ1) is 8.08. The zero-order valence-corrected chi connectivity index (χ0v) is 10.6. The van der Waals surface area contributed by atoms with Crippen LogP contribution in [-0.4, -0.2) is 20.2 Å². The van der Waals surface area contributed by atoms with Gasteiger partial charge in [-0.3, -0.25) is 4.79 Å². The topological polar surface area (TPSA) is 35.5 Å². The molecule has 0 aliphatic heterocycles. The molecule has 0 unspecified atom stereocenters. The number of methoxy groups -OCH3 is 2. The van der Waals surface area contributed by atoms with E-state index in [-0.39, 0.29) is 12.4 Å². The summed E-state index contributed by atoms with van der Waals surface area (Å²) in [5.74, 6) is 6.30. The van der Waals surface area contributed by atoms with Crippen LogP contribution in [0.15, 0.2) is 12.1 Å². The second-order valence-electron chi connectivity index (χ2n) is 3.69. The molecule has 0 N–H and O–H groups in total. The summed E-state index contributed by atoms with van der Waals surface area (Å²) in [5.41, 5.74) is 3.02. The van der Waals surface area contributed by atoms with Crippen LogP contribution in [0.3, 0.4) is 0 Å². The molecule has 90 valence electrons. The molecule has 0 aliphatic rings. The first-order valence-corrected chi connectivity index (χ1v) is 5.29. The van der Waals surface area contributed by atoms with E-state index in [1.807, 2.05) is 26.0 Å². The minimum atomic E-state index is -0.318. The number of rotatable bonds is 2. The standard InChI is InChI=1S/C14H16O3/c1-10-8-12(16-3)9-11(2)13(10)6-5-7-14(15)17-4/h8-9H,7H2,1-4H3. The average Bonchev–Trinajstić information content (AvgIpc) is 2.31. The van der Waals surface area contributed by atoms with Crippen molar-refractivity contribution in [3.8, 4) is 17.6 Å². The SMILES string of the molecule is COC(=O)CC#Cc1c(C)cc(OC)cc1C. The Bertz CT molecular complexity index is 455. The molecule has 1 aromatic carbocycles. The lowest BCUT2D eigenvalue weighted by Gasteiger charge is -2.06. The molecule has 3 nitrogen and oxygen atoms in total. The van der Waals surface area contributed by atoms with Gasteiger partial charge in [0.2, 0.25) is 0 Å². The highest BCUT2D eigenvalue weighted by molar-refractivity contribution is 5.72. The van der Waals surface area contributed by atoms with Crippen LogP contribution in [0.5, 0.6) is 5.75 Å². The van der Waals surface area contributed by atoms with Crippen molar-refractivity contribution in [1.82, 2.24) is 0 Å². The third-order valence-corrected chi connectivity index (χ3v) is 2.42. The summed E-state index contributed by atoms with van der Waals surface area (Å²) in [5, 5.41) is 0. The van der Waals surface area contributed by atoms with E-state index >= 15 is 0 Å². The van der Waals surface area contributed by atoms with Crippen LogP contribution in [0.4, 0.5) is 0 Å². The molecule has 0 heterocycles. The Kier molecular flexibility index (Phi) is 4.59. The lowest BCUT2D eigenvalue weighted by Crippen LogP contribution is -1.97. The van der Waals surface area contributed by atoms with Crippen molar-refractivity contribution in [2.75, 3.05) is 14.2 Å². The molecule has 0 amide bonds. The van der Waals surface area contributed by atoms with Crippen LogP contribution in [0.2, 0.25) is 0 Å². The summed E-state index contributed by atoms with van der Waals surface area (Å²) in [6, 6.07) is 3.85. The normalized spacial score (nSPS) is 9.18. The van der Waals surface area contributed by atoms with E-state index in [1.165, 1.54) is 7.11 Å². The van der Waals surface area contributed by atoms with Crippen molar-refractivity contribution in [3.63, 3.8) is 0 Å². The van der Waals surface area contributed by atoms with Gasteiger partial charge < -0.3 is 9.47 Å². The Hall–Kier alpha value is -1.95. The number of carbonyl (C=O) groups is 1. The largest absolute Gasteiger partial charge is 0.497 e. The molecule has 0 radical (unpaired) electrons. The maximum atomic E-state index is 10.9. The summed E-state index contributed by atoms with van der Waals surface area (Å²) < 4.78 is 9.69. The van der Waals surface area contributed by atoms with Gasteiger partial charge >= 0.3 is 5.97 Å². The summed E-state index contributed by atoms with van der Waals surface area (Å²) in [7, 11) is 2.99. The molecule has 0 saturated heterocycles. The second-order valence-corrected chi connectivity index (χ2v) is 3.69. The van der Waals surface area contributed by atoms with E-state index in [9.17, 15) is 4.79 Å². The predicted molar refractivity (Wildman–Crippen MR) is 66.0 cm³/mol. The number of benzene rings is 1. The van der Waals surface area contributed by atoms with Gasteiger partial charge in [0.25, 0.3) is 0 Å². The van der Waals surface area contributed by atoms with Gasteiger partial charge in [-0.15, -0.1) is 0 Å². The molecule has 1 rings (SSSR count). The van der Waals surface area contributed by atoms with E-state index in [0.29, 0.717) is 0 Å². The maximum Gasteiger partial charge on any atom is 0.317 e. The summed E-state index contributed by atoms with van der Waals surface area (Å²) in [4.78, 5) is 10.9. The lowest BCUT2D eigenvalue weighted by molar-refractivity contribution is -0.139. The van der Waals surface area contributed by atoms with Crippen molar-refractivity contribution < 1.29 is 14.3 Å². The van der Waals surface area contributed by atoms with Gasteiger partial charge in [-0.25, -0.2) is 0 Å². The summed E-state index contributed by atoms with van der Waals surface area (Å²) in [6.07, 6.45) is 0.113. The third kappa shape index (κ3) is 3.53. The van der Waals surface area contributed by atoms with Gasteiger partial charge in [-0.1, -0.05) is 11.8 Å². The van der Waals surface area contributed by atoms with Crippen LogP contribution < -0.4 is 4.74 Å². The molecule has 3 heteroatoms. The number of hydrogen-bond acceptors (Lipinski definition) is 3. The molecular weight excluding hydrogens is 216 g/mol. The smallest absolute Gasteiger partial charge is 0.317 e. The van der Waals surface area contributed by atoms with Crippen molar-refractivity contribution >= 4 is 5.97 Å². The maximum absolute atomic E-state index is 10.9. The van der Waals surface area contributed by atoms with Crippen LogP contribution in [-0.2, 0) is 9.53 Å². The summed E-state index contributed by atoms with van der Waals surface area (Å²) >= 11 is 0. The first-order valence-electron chi connectivity index (χ1n) is 5.29. The average molecular weight is 232 g/mol. The van der Waals surface area contributed by atoms with E-state index in [2.05, 4.69) is 16.6 Å². The fraction of sp³-hybridized carbons (Fsp3) is 0.357. The number of carbonyl (C=O) groups excluding carboxylic acids is 1. The van der Waals surface area contributed by atoms with Crippen molar-refractivity contribution in [3.05, 3.63) is 28.8 Å². The van der Waals surface area contributed by atoms with Crippen LogP contribution >= 0.6 is 0 Å². The fourth-order valence-corrected chi connectivity index (χ4v) is 1.52. The van der Waals surface area contributed by atoms with Crippen molar-refractivity contribution in [2.24, 2.45) is 0 Å². The fourth-order valence-electron chi connectivity index (χ4n) is 1.52. The monoisotopic (exact) mass is 232 g/mol. The van der Waals surface area contributed by atoms with Gasteiger partial charge in [0.05, 0.1) is 14.2 Å². The number of hydrogen-bond donors (Lipinski definition) is 0. The molecule has 0 atom stereocenters. The molecule has 0 fully saturated rings. The highest BCUT2D eigenvalue weighted by Gasteiger charge is 2.03. The Morgan fingerprint density at radius 3 is 2.29 bits per heavy atom. The van der Waals surface area contributed by atoms with Crippen LogP contribution in [0, 0.1) is 25.7 Å². The quantitative estimate of drug-likeness (QED) is 0.579. The number of esters is 1. The second kappa shape index (κ2) is 5.95. The number of ether oxygens (including phenoxy) is 2. The van der Waals surface area contributed by atoms with Gasteiger partial charge in [-0.2, -0.15) is 0 Å². The molecule has 0 saturated carbocycles. The molecule has 0 spiro atoms. The molecule has 17 heavy (non-hydrogen) atoms. The highest BCUT2D eigenvalue weighted by atomic mass is 16.5. The van der Waals surface area contributed by atoms with Gasteiger partial charge in [0.15, 0.2) is 0 Å². The Morgan fingerprint density at radius 2 is 1.82 bits per heavy atom. The zero-order valence-electron chi connectivity index (χ0n) is 10.6. The van der Waals surface area contributed by atoms with Crippen LogP contribution in [0.25, 0.3) is 0 Å². The van der Waals surface area contributed by atoms with Gasteiger partial charge in [0.1, 0.15) is 12.2 Å². The molecule has 0 bridgehead atoms. The highest BCUT2D eigenvalue weighted by Crippen LogP contribution is 2.20. The minimum absolute atomic E-state index is 0.113. The van der Waals surface area contributed by atoms with Crippen LogP contribution in [0.1, 0.15) is 23.1 Å². The van der Waals surface area contributed by atoms with E-state index in [1.54, 1.807) is 7.11 Å². The molecule has 0 aliphatic carbocycles. The summed E-state index contributed by atoms with van der Waals surface area (Å²) in [6.45, 7) is 3.94. The Labute approximate surface area is 102 Å². The zero-order chi connectivity index (χ0) is 12.8. The van der Waals surface area contributed by atoms with E-state index in [0.717, 1.165) is 22.4 Å². The molecular formula is C14H16O3. The van der Waals surface area contributed by atoms with Crippen molar-refractivity contribution in [1.29, 1.82) is 0 Å². The Morgan fingerprint density at radius 1 is 1.24 bits per heavy atom. The van der Waals surface area contributed by atoms with E-state index < -0.39 is 0 Å². The third-order valence-electron chi connectivity index (χ3n) is 2.42.